The van der Waals surface area contributed by atoms with E-state index < -0.39 is 0 Å². The molecule has 1 aromatic carbocycles. The van der Waals surface area contributed by atoms with Crippen LogP contribution in [0.25, 0.3) is 0 Å². The lowest BCUT2D eigenvalue weighted by atomic mass is 10.1. The zero-order valence-electron chi connectivity index (χ0n) is 13.1. The van der Waals surface area contributed by atoms with Gasteiger partial charge in [-0.25, -0.2) is 4.39 Å². The Labute approximate surface area is 129 Å². The first kappa shape index (κ1) is 15.9. The first-order chi connectivity index (χ1) is 10.6. The van der Waals surface area contributed by atoms with Crippen LogP contribution in [0.5, 0.6) is 0 Å². The maximum Gasteiger partial charge on any atom is 0.191 e. The van der Waals surface area contributed by atoms with Crippen molar-refractivity contribution in [3.05, 3.63) is 47.3 Å². The number of nitrogens with zero attached hydrogens (tertiary/aromatic N) is 4. The summed E-state index contributed by atoms with van der Waals surface area (Å²) in [5.41, 5.74) is 1.08. The summed E-state index contributed by atoms with van der Waals surface area (Å²) >= 11 is 0. The maximum absolute atomic E-state index is 12.8. The van der Waals surface area contributed by atoms with Gasteiger partial charge < -0.3 is 15.2 Å². The molecule has 2 aromatic rings. The fourth-order valence-electron chi connectivity index (χ4n) is 1.96. The second-order valence-corrected chi connectivity index (χ2v) is 4.95. The lowest BCUT2D eigenvalue weighted by Crippen LogP contribution is -2.38. The molecule has 0 saturated heterocycles. The molecule has 0 amide bonds. The first-order valence-electron chi connectivity index (χ1n) is 7.14. The van der Waals surface area contributed by atoms with E-state index in [-0.39, 0.29) is 5.82 Å². The van der Waals surface area contributed by atoms with Crippen molar-refractivity contribution in [2.45, 2.75) is 19.9 Å². The minimum atomic E-state index is -0.215. The third-order valence-corrected chi connectivity index (χ3v) is 3.44. The monoisotopic (exact) mass is 304 g/mol. The van der Waals surface area contributed by atoms with Crippen LogP contribution in [-0.4, -0.2) is 34.3 Å². The average Bonchev–Trinajstić information content (AvgIpc) is 2.84. The molecule has 2 rings (SSSR count). The summed E-state index contributed by atoms with van der Waals surface area (Å²) in [7, 11) is 3.65. The smallest absolute Gasteiger partial charge is 0.191 e. The van der Waals surface area contributed by atoms with E-state index in [1.807, 2.05) is 18.5 Å². The SMILES string of the molecule is CN=C(NCCc1ccc(F)cc1)NCc1nnc(C)n1C. The van der Waals surface area contributed by atoms with Crippen LogP contribution < -0.4 is 10.6 Å². The minimum Gasteiger partial charge on any atom is -0.356 e. The van der Waals surface area contributed by atoms with E-state index in [4.69, 9.17) is 0 Å². The van der Waals surface area contributed by atoms with E-state index in [0.29, 0.717) is 19.0 Å². The molecule has 0 aliphatic carbocycles. The second-order valence-electron chi connectivity index (χ2n) is 4.95. The molecule has 0 aliphatic heterocycles. The molecule has 0 fully saturated rings. The van der Waals surface area contributed by atoms with Crippen LogP contribution in [-0.2, 0) is 20.0 Å². The first-order valence-corrected chi connectivity index (χ1v) is 7.14. The Morgan fingerprint density at radius 3 is 2.55 bits per heavy atom. The van der Waals surface area contributed by atoms with E-state index >= 15 is 0 Å². The number of benzene rings is 1. The van der Waals surface area contributed by atoms with E-state index in [1.54, 1.807) is 19.2 Å². The van der Waals surface area contributed by atoms with Crippen molar-refractivity contribution in [1.82, 2.24) is 25.4 Å². The normalized spacial score (nSPS) is 11.5. The van der Waals surface area contributed by atoms with E-state index in [2.05, 4.69) is 25.8 Å². The van der Waals surface area contributed by atoms with Gasteiger partial charge >= 0.3 is 0 Å². The Bertz CT molecular complexity index is 632. The fourth-order valence-corrected chi connectivity index (χ4v) is 1.96. The molecular formula is C15H21FN6. The van der Waals surface area contributed by atoms with Crippen molar-refractivity contribution < 1.29 is 4.39 Å². The van der Waals surface area contributed by atoms with Gasteiger partial charge in [0.15, 0.2) is 11.8 Å². The molecule has 0 aliphatic rings. The predicted octanol–water partition coefficient (Wildman–Crippen LogP) is 1.17. The van der Waals surface area contributed by atoms with Crippen LogP contribution in [0.15, 0.2) is 29.3 Å². The fraction of sp³-hybridized carbons (Fsp3) is 0.400. The van der Waals surface area contributed by atoms with Gasteiger partial charge in [-0.05, 0) is 31.0 Å². The van der Waals surface area contributed by atoms with Gasteiger partial charge in [0.05, 0.1) is 6.54 Å². The van der Waals surface area contributed by atoms with Crippen LogP contribution >= 0.6 is 0 Å². The number of nitrogens with one attached hydrogen (secondary N) is 2. The molecule has 0 atom stereocenters. The van der Waals surface area contributed by atoms with Crippen LogP contribution in [0.2, 0.25) is 0 Å². The third-order valence-electron chi connectivity index (χ3n) is 3.44. The highest BCUT2D eigenvalue weighted by Crippen LogP contribution is 2.02. The highest BCUT2D eigenvalue weighted by molar-refractivity contribution is 5.79. The van der Waals surface area contributed by atoms with Crippen LogP contribution in [0.1, 0.15) is 17.2 Å². The molecular weight excluding hydrogens is 283 g/mol. The highest BCUT2D eigenvalue weighted by atomic mass is 19.1. The van der Waals surface area contributed by atoms with Crippen molar-refractivity contribution in [3.63, 3.8) is 0 Å². The molecule has 0 spiro atoms. The zero-order valence-corrected chi connectivity index (χ0v) is 13.1. The summed E-state index contributed by atoms with van der Waals surface area (Å²) in [4.78, 5) is 4.16. The number of aromatic nitrogens is 3. The van der Waals surface area contributed by atoms with Crippen molar-refractivity contribution in [3.8, 4) is 0 Å². The van der Waals surface area contributed by atoms with Gasteiger partial charge in [-0.3, -0.25) is 4.99 Å². The largest absolute Gasteiger partial charge is 0.356 e. The van der Waals surface area contributed by atoms with Gasteiger partial charge in [0.2, 0.25) is 0 Å². The van der Waals surface area contributed by atoms with Crippen molar-refractivity contribution >= 4 is 5.96 Å². The summed E-state index contributed by atoms with van der Waals surface area (Å²) in [6, 6.07) is 6.52. The van der Waals surface area contributed by atoms with Gasteiger partial charge in [-0.1, -0.05) is 12.1 Å². The molecule has 6 nitrogen and oxygen atoms in total. The Balaban J connectivity index is 1.78. The number of rotatable bonds is 5. The van der Waals surface area contributed by atoms with Gasteiger partial charge in [-0.2, -0.15) is 0 Å². The molecule has 7 heteroatoms. The zero-order chi connectivity index (χ0) is 15.9. The maximum atomic E-state index is 12.8. The predicted molar refractivity (Wildman–Crippen MR) is 84.0 cm³/mol. The highest BCUT2D eigenvalue weighted by Gasteiger charge is 2.05. The van der Waals surface area contributed by atoms with Gasteiger partial charge in [0, 0.05) is 20.6 Å². The average molecular weight is 304 g/mol. The van der Waals surface area contributed by atoms with Crippen molar-refractivity contribution in [2.75, 3.05) is 13.6 Å². The molecule has 1 heterocycles. The van der Waals surface area contributed by atoms with Crippen molar-refractivity contribution in [2.24, 2.45) is 12.0 Å². The van der Waals surface area contributed by atoms with E-state index in [0.717, 1.165) is 23.6 Å². The lowest BCUT2D eigenvalue weighted by Gasteiger charge is -2.11. The molecule has 22 heavy (non-hydrogen) atoms. The Morgan fingerprint density at radius 1 is 1.23 bits per heavy atom. The summed E-state index contributed by atoms with van der Waals surface area (Å²) in [5, 5.41) is 14.5. The lowest BCUT2D eigenvalue weighted by molar-refractivity contribution is 0.626. The summed E-state index contributed by atoms with van der Waals surface area (Å²) in [5.74, 6) is 2.20. The molecule has 0 radical (unpaired) electrons. The molecule has 118 valence electrons. The number of guanidine groups is 1. The van der Waals surface area contributed by atoms with Crippen LogP contribution in [0.4, 0.5) is 4.39 Å². The third kappa shape index (κ3) is 4.28. The number of aliphatic imine (C=N–C) groups is 1. The van der Waals surface area contributed by atoms with Gasteiger partial charge in [0.1, 0.15) is 11.6 Å². The quantitative estimate of drug-likeness (QED) is 0.643. The number of halogens is 1. The second kappa shape index (κ2) is 7.53. The Hall–Kier alpha value is -2.44. The molecule has 0 saturated carbocycles. The molecule has 0 bridgehead atoms. The minimum absolute atomic E-state index is 0.215. The molecule has 0 unspecified atom stereocenters. The summed E-state index contributed by atoms with van der Waals surface area (Å²) < 4.78 is 14.8. The van der Waals surface area contributed by atoms with Gasteiger partial charge in [-0.15, -0.1) is 10.2 Å². The van der Waals surface area contributed by atoms with Crippen LogP contribution in [0, 0.1) is 12.7 Å². The van der Waals surface area contributed by atoms with E-state index in [1.165, 1.54) is 12.1 Å². The van der Waals surface area contributed by atoms with Gasteiger partial charge in [0.25, 0.3) is 0 Å². The summed E-state index contributed by atoms with van der Waals surface area (Å²) in [6.07, 6.45) is 0.796. The topological polar surface area (TPSA) is 67.1 Å². The van der Waals surface area contributed by atoms with Crippen LogP contribution in [0.3, 0.4) is 0 Å². The van der Waals surface area contributed by atoms with E-state index in [9.17, 15) is 4.39 Å². The summed E-state index contributed by atoms with van der Waals surface area (Å²) in [6.45, 7) is 3.17. The Morgan fingerprint density at radius 2 is 1.95 bits per heavy atom. The van der Waals surface area contributed by atoms with Crippen molar-refractivity contribution in [1.29, 1.82) is 0 Å². The molecule has 1 aromatic heterocycles. The number of hydrogen-bond acceptors (Lipinski definition) is 3. The number of aryl methyl sites for hydroxylation is 1. The molecule has 2 N–H and O–H groups in total. The Kier molecular flexibility index (Phi) is 5.46. The number of hydrogen-bond donors (Lipinski definition) is 2. The standard InChI is InChI=1S/C15H21FN6/c1-11-20-21-14(22(11)3)10-19-15(17-2)18-9-8-12-4-6-13(16)7-5-12/h4-7H,8-10H2,1-3H3,(H2,17,18,19).